The van der Waals surface area contributed by atoms with Crippen LogP contribution in [0.25, 0.3) is 0 Å². The van der Waals surface area contributed by atoms with Gasteiger partial charge in [-0.25, -0.2) is 4.98 Å². The van der Waals surface area contributed by atoms with Crippen LogP contribution in [0.1, 0.15) is 42.3 Å². The number of nitrogens with zero attached hydrogens (tertiary/aromatic N) is 1. The van der Waals surface area contributed by atoms with E-state index in [1.165, 1.54) is 0 Å². The van der Waals surface area contributed by atoms with Crippen LogP contribution >= 0.6 is 0 Å². The number of pyridine rings is 1. The van der Waals surface area contributed by atoms with Crippen LogP contribution < -0.4 is 5.32 Å². The molecule has 1 aromatic heterocycles. The zero-order chi connectivity index (χ0) is 16.2. The van der Waals surface area contributed by atoms with E-state index in [9.17, 15) is 4.79 Å². The van der Waals surface area contributed by atoms with Gasteiger partial charge in [0.25, 0.3) is 5.91 Å². The summed E-state index contributed by atoms with van der Waals surface area (Å²) in [5.74, 6) is 0.268. The molecule has 0 spiro atoms. The smallest absolute Gasteiger partial charge is 0.257 e. The Morgan fingerprint density at radius 2 is 1.95 bits per heavy atom. The van der Waals surface area contributed by atoms with Gasteiger partial charge in [-0.05, 0) is 41.2 Å². The summed E-state index contributed by atoms with van der Waals surface area (Å²) in [6.45, 7) is 6.36. The van der Waals surface area contributed by atoms with E-state index < -0.39 is 0 Å². The molecule has 22 heavy (non-hydrogen) atoms. The van der Waals surface area contributed by atoms with Crippen molar-refractivity contribution in [3.05, 3.63) is 59.3 Å². The molecule has 1 heterocycles. The number of aliphatic hydroxyl groups is 1. The molecule has 4 heteroatoms. The molecule has 0 unspecified atom stereocenters. The zero-order valence-electron chi connectivity index (χ0n) is 13.3. The maximum Gasteiger partial charge on any atom is 0.257 e. The molecule has 2 aromatic rings. The maximum atomic E-state index is 12.5. The summed E-state index contributed by atoms with van der Waals surface area (Å²) in [4.78, 5) is 16.6. The number of rotatable bonds is 4. The molecule has 2 N–H and O–H groups in total. The van der Waals surface area contributed by atoms with Gasteiger partial charge in [-0.3, -0.25) is 4.79 Å². The number of carbonyl (C=O) groups is 1. The average molecular weight is 298 g/mol. The van der Waals surface area contributed by atoms with Gasteiger partial charge in [0, 0.05) is 11.8 Å². The molecule has 0 aliphatic carbocycles. The lowest BCUT2D eigenvalue weighted by atomic mass is 9.86. The Balaban J connectivity index is 2.22. The number of amides is 1. The van der Waals surface area contributed by atoms with Crippen LogP contribution in [0.2, 0.25) is 0 Å². The Morgan fingerprint density at radius 3 is 2.64 bits per heavy atom. The summed E-state index contributed by atoms with van der Waals surface area (Å²) in [5, 5.41) is 11.9. The molecular weight excluding hydrogens is 276 g/mol. The summed E-state index contributed by atoms with van der Waals surface area (Å²) >= 11 is 0. The standard InChI is InChI=1S/C18H22N2O2/c1-18(2,3)11-14-6-4-5-7-15(14)17(22)20-16-10-13(12-21)8-9-19-16/h4-10,21H,11-12H2,1-3H3,(H,19,20,22). The summed E-state index contributed by atoms with van der Waals surface area (Å²) in [5.41, 5.74) is 2.50. The van der Waals surface area contributed by atoms with E-state index >= 15 is 0 Å². The van der Waals surface area contributed by atoms with Gasteiger partial charge in [-0.15, -0.1) is 0 Å². The van der Waals surface area contributed by atoms with E-state index in [0.717, 1.165) is 12.0 Å². The number of aliphatic hydroxyl groups excluding tert-OH is 1. The van der Waals surface area contributed by atoms with Gasteiger partial charge in [0.1, 0.15) is 5.82 Å². The topological polar surface area (TPSA) is 62.2 Å². The van der Waals surface area contributed by atoms with Gasteiger partial charge < -0.3 is 10.4 Å². The van der Waals surface area contributed by atoms with E-state index in [2.05, 4.69) is 31.1 Å². The van der Waals surface area contributed by atoms with Crippen LogP contribution in [0.3, 0.4) is 0 Å². The molecular formula is C18H22N2O2. The molecule has 0 saturated heterocycles. The molecule has 1 amide bonds. The molecule has 4 nitrogen and oxygen atoms in total. The van der Waals surface area contributed by atoms with Crippen LogP contribution in [0.5, 0.6) is 0 Å². The van der Waals surface area contributed by atoms with Gasteiger partial charge >= 0.3 is 0 Å². The predicted molar refractivity (Wildman–Crippen MR) is 87.7 cm³/mol. The van der Waals surface area contributed by atoms with Crippen molar-refractivity contribution in [3.63, 3.8) is 0 Å². The largest absolute Gasteiger partial charge is 0.392 e. The van der Waals surface area contributed by atoms with Crippen molar-refractivity contribution in [2.45, 2.75) is 33.8 Å². The number of aromatic nitrogens is 1. The fraction of sp³-hybridized carbons (Fsp3) is 0.333. The van der Waals surface area contributed by atoms with Gasteiger partial charge in [-0.2, -0.15) is 0 Å². The quantitative estimate of drug-likeness (QED) is 0.909. The third kappa shape index (κ3) is 4.40. The summed E-state index contributed by atoms with van der Waals surface area (Å²) in [7, 11) is 0. The third-order valence-electron chi connectivity index (χ3n) is 3.23. The molecule has 0 fully saturated rings. The van der Waals surface area contributed by atoms with Crippen molar-refractivity contribution < 1.29 is 9.90 Å². The first-order chi connectivity index (χ1) is 10.4. The summed E-state index contributed by atoms with van der Waals surface area (Å²) in [6.07, 6.45) is 2.39. The number of hydrogen-bond donors (Lipinski definition) is 2. The minimum atomic E-state index is -0.178. The van der Waals surface area contributed by atoms with Crippen LogP contribution in [-0.2, 0) is 13.0 Å². The van der Waals surface area contributed by atoms with Gasteiger partial charge in [0.2, 0.25) is 0 Å². The first-order valence-electron chi connectivity index (χ1n) is 7.34. The lowest BCUT2D eigenvalue weighted by molar-refractivity contribution is 0.102. The van der Waals surface area contributed by atoms with E-state index in [0.29, 0.717) is 16.9 Å². The van der Waals surface area contributed by atoms with Crippen LogP contribution in [0, 0.1) is 5.41 Å². The Morgan fingerprint density at radius 1 is 1.23 bits per heavy atom. The Bertz CT molecular complexity index is 660. The normalized spacial score (nSPS) is 11.3. The molecule has 0 bridgehead atoms. The number of hydrogen-bond acceptors (Lipinski definition) is 3. The van der Waals surface area contributed by atoms with Gasteiger partial charge in [0.15, 0.2) is 0 Å². The Kier molecular flexibility index (Phi) is 4.93. The number of anilines is 1. The Hall–Kier alpha value is -2.20. The minimum absolute atomic E-state index is 0.0774. The SMILES string of the molecule is CC(C)(C)Cc1ccccc1C(=O)Nc1cc(CO)ccn1. The molecule has 2 rings (SSSR count). The second-order valence-electron chi connectivity index (χ2n) is 6.56. The fourth-order valence-electron chi connectivity index (χ4n) is 2.29. The lowest BCUT2D eigenvalue weighted by Gasteiger charge is -2.20. The van der Waals surface area contributed by atoms with E-state index in [1.807, 2.05) is 24.3 Å². The third-order valence-corrected chi connectivity index (χ3v) is 3.23. The minimum Gasteiger partial charge on any atom is -0.392 e. The highest BCUT2D eigenvalue weighted by molar-refractivity contribution is 6.04. The molecule has 0 atom stereocenters. The van der Waals surface area contributed by atoms with Crippen molar-refractivity contribution >= 4 is 11.7 Å². The van der Waals surface area contributed by atoms with E-state index in [1.54, 1.807) is 18.3 Å². The van der Waals surface area contributed by atoms with Crippen molar-refractivity contribution in [1.29, 1.82) is 0 Å². The zero-order valence-corrected chi connectivity index (χ0v) is 13.3. The summed E-state index contributed by atoms with van der Waals surface area (Å²) in [6, 6.07) is 11.0. The number of nitrogens with one attached hydrogen (secondary N) is 1. The molecule has 0 aliphatic rings. The van der Waals surface area contributed by atoms with Crippen molar-refractivity contribution in [3.8, 4) is 0 Å². The fourth-order valence-corrected chi connectivity index (χ4v) is 2.29. The molecule has 1 aromatic carbocycles. The summed E-state index contributed by atoms with van der Waals surface area (Å²) < 4.78 is 0. The van der Waals surface area contributed by atoms with Crippen molar-refractivity contribution in [2.75, 3.05) is 5.32 Å². The predicted octanol–water partition coefficient (Wildman–Crippen LogP) is 3.41. The molecule has 0 saturated carbocycles. The first-order valence-corrected chi connectivity index (χ1v) is 7.34. The monoisotopic (exact) mass is 298 g/mol. The van der Waals surface area contributed by atoms with E-state index in [-0.39, 0.29) is 17.9 Å². The van der Waals surface area contributed by atoms with Crippen LogP contribution in [0.4, 0.5) is 5.82 Å². The van der Waals surface area contributed by atoms with E-state index in [4.69, 9.17) is 5.11 Å². The molecule has 116 valence electrons. The molecule has 0 aliphatic heterocycles. The van der Waals surface area contributed by atoms with Crippen molar-refractivity contribution in [2.24, 2.45) is 5.41 Å². The highest BCUT2D eigenvalue weighted by Crippen LogP contribution is 2.23. The van der Waals surface area contributed by atoms with Crippen molar-refractivity contribution in [1.82, 2.24) is 4.98 Å². The van der Waals surface area contributed by atoms with Crippen LogP contribution in [-0.4, -0.2) is 16.0 Å². The highest BCUT2D eigenvalue weighted by atomic mass is 16.3. The molecule has 0 radical (unpaired) electrons. The average Bonchev–Trinajstić information content (AvgIpc) is 2.46. The lowest BCUT2D eigenvalue weighted by Crippen LogP contribution is -2.18. The van der Waals surface area contributed by atoms with Crippen LogP contribution in [0.15, 0.2) is 42.6 Å². The Labute approximate surface area is 131 Å². The highest BCUT2D eigenvalue weighted by Gasteiger charge is 2.17. The van der Waals surface area contributed by atoms with Gasteiger partial charge in [0.05, 0.1) is 6.61 Å². The van der Waals surface area contributed by atoms with Gasteiger partial charge in [-0.1, -0.05) is 39.0 Å². The first kappa shape index (κ1) is 16.2. The second kappa shape index (κ2) is 6.71. The number of benzene rings is 1. The number of carbonyl (C=O) groups excluding carboxylic acids is 1. The maximum absolute atomic E-state index is 12.5. The second-order valence-corrected chi connectivity index (χ2v) is 6.56.